The topological polar surface area (TPSA) is 18.5 Å². The van der Waals surface area contributed by atoms with E-state index in [1.165, 1.54) is 32.5 Å². The van der Waals surface area contributed by atoms with Gasteiger partial charge in [0.05, 0.1) is 0 Å². The van der Waals surface area contributed by atoms with Crippen molar-refractivity contribution in [1.82, 2.24) is 15.1 Å². The Morgan fingerprint density at radius 2 is 1.93 bits per heavy atom. The lowest BCUT2D eigenvalue weighted by Crippen LogP contribution is -2.51. The highest BCUT2D eigenvalue weighted by atomic mass is 32.1. The maximum absolute atomic E-state index is 5.21. The van der Waals surface area contributed by atoms with E-state index in [1.807, 2.05) is 7.05 Å². The first kappa shape index (κ1) is 10.2. The molecule has 0 aromatic carbocycles. The minimum absolute atomic E-state index is 0.899. The summed E-state index contributed by atoms with van der Waals surface area (Å²) in [6.45, 7) is 5.86. The average molecular weight is 213 g/mol. The molecule has 2 aliphatic rings. The van der Waals surface area contributed by atoms with Crippen molar-refractivity contribution in [3.63, 3.8) is 0 Å². The fraction of sp³-hybridized carbons (Fsp3) is 0.900. The van der Waals surface area contributed by atoms with Gasteiger partial charge in [0.15, 0.2) is 5.11 Å². The molecule has 2 fully saturated rings. The third kappa shape index (κ3) is 2.58. The monoisotopic (exact) mass is 213 g/mol. The van der Waals surface area contributed by atoms with E-state index in [9.17, 15) is 0 Å². The van der Waals surface area contributed by atoms with Gasteiger partial charge in [-0.25, -0.2) is 0 Å². The predicted octanol–water partition coefficient (Wildman–Crippen LogP) is 0.518. The molecule has 0 aromatic heterocycles. The highest BCUT2D eigenvalue weighted by Gasteiger charge is 2.26. The van der Waals surface area contributed by atoms with Crippen LogP contribution in [0.1, 0.15) is 12.8 Å². The number of hydrogen-bond acceptors (Lipinski definition) is 2. The largest absolute Gasteiger partial charge is 0.366 e. The maximum Gasteiger partial charge on any atom is 0.168 e. The number of thiocarbonyl (C=S) groups is 1. The molecule has 1 aliphatic carbocycles. The lowest BCUT2D eigenvalue weighted by Gasteiger charge is -2.35. The van der Waals surface area contributed by atoms with Gasteiger partial charge in [0.25, 0.3) is 0 Å². The molecule has 14 heavy (non-hydrogen) atoms. The lowest BCUT2D eigenvalue weighted by atomic mass is 10.3. The molecular weight excluding hydrogens is 194 g/mol. The zero-order chi connectivity index (χ0) is 9.97. The number of piperazine rings is 1. The van der Waals surface area contributed by atoms with Crippen LogP contribution in [0.5, 0.6) is 0 Å². The molecule has 3 nitrogen and oxygen atoms in total. The molecular formula is C10H19N3S. The third-order valence-electron chi connectivity index (χ3n) is 3.09. The van der Waals surface area contributed by atoms with Crippen molar-refractivity contribution >= 4 is 17.3 Å². The van der Waals surface area contributed by atoms with E-state index < -0.39 is 0 Å². The van der Waals surface area contributed by atoms with E-state index in [4.69, 9.17) is 12.2 Å². The fourth-order valence-corrected chi connectivity index (χ4v) is 2.14. The van der Waals surface area contributed by atoms with Gasteiger partial charge >= 0.3 is 0 Å². The standard InChI is InChI=1S/C10H19N3S/c1-11-10(14)13-6-4-12(5-7-13)8-9-2-3-9/h9H,2-8H2,1H3,(H,11,14). The summed E-state index contributed by atoms with van der Waals surface area (Å²) in [4.78, 5) is 4.84. The van der Waals surface area contributed by atoms with Crippen molar-refractivity contribution in [3.05, 3.63) is 0 Å². The predicted molar refractivity (Wildman–Crippen MR) is 62.4 cm³/mol. The molecule has 0 radical (unpaired) electrons. The quantitative estimate of drug-likeness (QED) is 0.674. The van der Waals surface area contributed by atoms with Crippen molar-refractivity contribution in [3.8, 4) is 0 Å². The van der Waals surface area contributed by atoms with Gasteiger partial charge in [-0.2, -0.15) is 0 Å². The molecule has 1 heterocycles. The molecule has 2 rings (SSSR count). The van der Waals surface area contributed by atoms with E-state index in [-0.39, 0.29) is 0 Å². The molecule has 4 heteroatoms. The molecule has 80 valence electrons. The molecule has 0 bridgehead atoms. The van der Waals surface area contributed by atoms with Crippen LogP contribution in [0.15, 0.2) is 0 Å². The smallest absolute Gasteiger partial charge is 0.168 e. The van der Waals surface area contributed by atoms with Crippen LogP contribution >= 0.6 is 12.2 Å². The fourth-order valence-electron chi connectivity index (χ4n) is 1.96. The molecule has 1 N–H and O–H groups in total. The Morgan fingerprint density at radius 3 is 2.43 bits per heavy atom. The van der Waals surface area contributed by atoms with Crippen molar-refractivity contribution in [2.24, 2.45) is 5.92 Å². The minimum Gasteiger partial charge on any atom is -0.366 e. The Labute approximate surface area is 91.4 Å². The van der Waals surface area contributed by atoms with E-state index in [0.717, 1.165) is 24.1 Å². The second-order valence-corrected chi connectivity index (χ2v) is 4.67. The van der Waals surface area contributed by atoms with Crippen molar-refractivity contribution in [2.75, 3.05) is 39.8 Å². The first-order valence-electron chi connectivity index (χ1n) is 5.48. The van der Waals surface area contributed by atoms with Crippen LogP contribution in [-0.2, 0) is 0 Å². The van der Waals surface area contributed by atoms with Crippen molar-refractivity contribution in [2.45, 2.75) is 12.8 Å². The van der Waals surface area contributed by atoms with Crippen LogP contribution in [0, 0.1) is 5.92 Å². The zero-order valence-electron chi connectivity index (χ0n) is 8.83. The van der Waals surface area contributed by atoms with Gasteiger partial charge in [0, 0.05) is 39.8 Å². The van der Waals surface area contributed by atoms with Crippen LogP contribution < -0.4 is 5.32 Å². The molecule has 0 unspecified atom stereocenters. The first-order valence-corrected chi connectivity index (χ1v) is 5.89. The van der Waals surface area contributed by atoms with Crippen molar-refractivity contribution < 1.29 is 0 Å². The minimum atomic E-state index is 0.899. The second-order valence-electron chi connectivity index (χ2n) is 4.29. The van der Waals surface area contributed by atoms with Crippen LogP contribution in [-0.4, -0.2) is 54.7 Å². The highest BCUT2D eigenvalue weighted by Crippen LogP contribution is 2.29. The average Bonchev–Trinajstić information content (AvgIpc) is 3.02. The number of nitrogens with one attached hydrogen (secondary N) is 1. The van der Waals surface area contributed by atoms with Gasteiger partial charge in [-0.05, 0) is 31.0 Å². The van der Waals surface area contributed by atoms with Gasteiger partial charge in [0.2, 0.25) is 0 Å². The zero-order valence-corrected chi connectivity index (χ0v) is 9.65. The number of hydrogen-bond donors (Lipinski definition) is 1. The van der Waals surface area contributed by atoms with Gasteiger partial charge in [-0.3, -0.25) is 4.90 Å². The Morgan fingerprint density at radius 1 is 1.29 bits per heavy atom. The summed E-state index contributed by atoms with van der Waals surface area (Å²) < 4.78 is 0. The van der Waals surface area contributed by atoms with Crippen LogP contribution in [0.3, 0.4) is 0 Å². The van der Waals surface area contributed by atoms with E-state index in [2.05, 4.69) is 15.1 Å². The maximum atomic E-state index is 5.21. The van der Waals surface area contributed by atoms with E-state index in [1.54, 1.807) is 0 Å². The van der Waals surface area contributed by atoms with Gasteiger partial charge in [-0.1, -0.05) is 0 Å². The first-order chi connectivity index (χ1) is 6.79. The summed E-state index contributed by atoms with van der Waals surface area (Å²) in [6.07, 6.45) is 2.91. The SMILES string of the molecule is CNC(=S)N1CCN(CC2CC2)CC1. The molecule has 1 aliphatic heterocycles. The molecule has 1 saturated carbocycles. The Kier molecular flexibility index (Phi) is 3.23. The summed E-state index contributed by atoms with van der Waals surface area (Å²) in [5.74, 6) is 1.01. The highest BCUT2D eigenvalue weighted by molar-refractivity contribution is 7.80. The summed E-state index contributed by atoms with van der Waals surface area (Å²) in [7, 11) is 1.90. The number of nitrogens with zero attached hydrogens (tertiary/aromatic N) is 2. The second kappa shape index (κ2) is 4.45. The lowest BCUT2D eigenvalue weighted by molar-refractivity contribution is 0.176. The van der Waals surface area contributed by atoms with E-state index >= 15 is 0 Å². The number of rotatable bonds is 2. The van der Waals surface area contributed by atoms with E-state index in [0.29, 0.717) is 0 Å². The normalized spacial score (nSPS) is 23.6. The summed E-state index contributed by atoms with van der Waals surface area (Å²) >= 11 is 5.21. The van der Waals surface area contributed by atoms with Crippen LogP contribution in [0.25, 0.3) is 0 Å². The van der Waals surface area contributed by atoms with Gasteiger partial charge in [-0.15, -0.1) is 0 Å². The van der Waals surface area contributed by atoms with Gasteiger partial charge in [0.1, 0.15) is 0 Å². The summed E-state index contributed by atoms with van der Waals surface area (Å²) in [5.41, 5.74) is 0. The Hall–Kier alpha value is -0.350. The summed E-state index contributed by atoms with van der Waals surface area (Å²) in [6, 6.07) is 0. The van der Waals surface area contributed by atoms with Crippen molar-refractivity contribution in [1.29, 1.82) is 0 Å². The molecule has 0 aromatic rings. The summed E-state index contributed by atoms with van der Waals surface area (Å²) in [5, 5.41) is 3.94. The van der Waals surface area contributed by atoms with Gasteiger partial charge < -0.3 is 10.2 Å². The third-order valence-corrected chi connectivity index (χ3v) is 3.55. The molecule has 0 spiro atoms. The molecule has 1 saturated heterocycles. The molecule has 0 atom stereocenters. The Balaban J connectivity index is 1.71. The van der Waals surface area contributed by atoms with Crippen LogP contribution in [0.4, 0.5) is 0 Å². The van der Waals surface area contributed by atoms with Crippen LogP contribution in [0.2, 0.25) is 0 Å². The molecule has 0 amide bonds. The Bertz CT molecular complexity index is 207.